The molecule has 3 rings (SSSR count). The van der Waals surface area contributed by atoms with Crippen molar-refractivity contribution in [2.45, 2.75) is 31.7 Å². The van der Waals surface area contributed by atoms with E-state index in [1.807, 2.05) is 0 Å². The molecule has 26 heavy (non-hydrogen) atoms. The largest absolute Gasteiger partial charge is 0.353 e. The zero-order valence-corrected chi connectivity index (χ0v) is 15.1. The van der Waals surface area contributed by atoms with E-state index in [1.54, 1.807) is 34.1 Å². The van der Waals surface area contributed by atoms with E-state index in [1.165, 1.54) is 0 Å². The van der Waals surface area contributed by atoms with Crippen molar-refractivity contribution in [3.05, 3.63) is 29.3 Å². The minimum atomic E-state index is -2.33. The number of piperidine rings is 1. The number of amides is 2. The van der Waals surface area contributed by atoms with Crippen molar-refractivity contribution in [1.82, 2.24) is 10.2 Å². The summed E-state index contributed by atoms with van der Waals surface area (Å²) in [5.74, 6) is -0.612. The third-order valence-corrected chi connectivity index (χ3v) is 5.22. The van der Waals surface area contributed by atoms with Gasteiger partial charge < -0.3 is 10.2 Å². The van der Waals surface area contributed by atoms with E-state index in [4.69, 9.17) is 11.6 Å². The fourth-order valence-electron chi connectivity index (χ4n) is 3.53. The zero-order valence-electron chi connectivity index (χ0n) is 14.3. The van der Waals surface area contributed by atoms with Crippen LogP contribution in [0.5, 0.6) is 0 Å². The molecular weight excluding hydrogens is 364 g/mol. The van der Waals surface area contributed by atoms with Gasteiger partial charge in [-0.1, -0.05) is 11.6 Å². The molecule has 0 unspecified atom stereocenters. The Labute approximate surface area is 156 Å². The second-order valence-electron chi connectivity index (χ2n) is 6.86. The monoisotopic (exact) mass is 385 g/mol. The minimum Gasteiger partial charge on any atom is -0.353 e. The first-order chi connectivity index (χ1) is 12.4. The normalized spacial score (nSPS) is 22.2. The van der Waals surface area contributed by atoms with Crippen LogP contribution >= 0.6 is 11.6 Å². The first-order valence-electron chi connectivity index (χ1n) is 8.79. The van der Waals surface area contributed by atoms with Crippen LogP contribution in [0.4, 0.5) is 14.5 Å². The number of alkyl halides is 2. The Bertz CT molecular complexity index is 648. The molecule has 2 heterocycles. The van der Waals surface area contributed by atoms with E-state index in [2.05, 4.69) is 5.32 Å². The van der Waals surface area contributed by atoms with Gasteiger partial charge in [-0.3, -0.25) is 14.5 Å². The van der Waals surface area contributed by atoms with Crippen LogP contribution in [0, 0.1) is 5.92 Å². The van der Waals surface area contributed by atoms with Crippen molar-refractivity contribution in [3.8, 4) is 0 Å². The van der Waals surface area contributed by atoms with Crippen LogP contribution in [0.2, 0.25) is 5.02 Å². The molecule has 0 radical (unpaired) electrons. The summed E-state index contributed by atoms with van der Waals surface area (Å²) in [6.07, 6.45) is -0.844. The van der Waals surface area contributed by atoms with Crippen molar-refractivity contribution in [3.63, 3.8) is 0 Å². The van der Waals surface area contributed by atoms with Crippen LogP contribution in [0.15, 0.2) is 24.3 Å². The molecule has 0 aromatic heterocycles. The SMILES string of the molecule is O=C(NC1CCN(CC(F)F)CC1)[C@@H]1CC(=O)N(c2ccc(Cl)cc2)C1. The highest BCUT2D eigenvalue weighted by Crippen LogP contribution is 2.26. The summed E-state index contributed by atoms with van der Waals surface area (Å²) in [5.41, 5.74) is 0.731. The lowest BCUT2D eigenvalue weighted by molar-refractivity contribution is -0.127. The molecule has 0 bridgehead atoms. The van der Waals surface area contributed by atoms with Crippen LogP contribution in [0.3, 0.4) is 0 Å². The van der Waals surface area contributed by atoms with E-state index in [9.17, 15) is 18.4 Å². The quantitative estimate of drug-likeness (QED) is 0.847. The molecule has 5 nitrogen and oxygen atoms in total. The summed E-state index contributed by atoms with van der Waals surface area (Å²) in [4.78, 5) is 28.1. The molecule has 0 saturated carbocycles. The highest BCUT2D eigenvalue weighted by molar-refractivity contribution is 6.30. The topological polar surface area (TPSA) is 52.7 Å². The molecule has 0 aliphatic carbocycles. The van der Waals surface area contributed by atoms with Crippen LogP contribution in [0.25, 0.3) is 0 Å². The first kappa shape index (κ1) is 19.0. The summed E-state index contributed by atoms with van der Waals surface area (Å²) in [7, 11) is 0. The minimum absolute atomic E-state index is 0.0175. The lowest BCUT2D eigenvalue weighted by Gasteiger charge is -2.32. The predicted molar refractivity (Wildman–Crippen MR) is 95.5 cm³/mol. The summed E-state index contributed by atoms with van der Waals surface area (Å²) in [6, 6.07) is 6.93. The molecule has 2 aliphatic rings. The Kier molecular flexibility index (Phi) is 6.09. The van der Waals surface area contributed by atoms with Gasteiger partial charge in [-0.25, -0.2) is 8.78 Å². The van der Waals surface area contributed by atoms with Crippen molar-refractivity contribution in [1.29, 1.82) is 0 Å². The summed E-state index contributed by atoms with van der Waals surface area (Å²) in [6.45, 7) is 1.23. The van der Waals surface area contributed by atoms with Gasteiger partial charge in [0.1, 0.15) is 0 Å². The van der Waals surface area contributed by atoms with E-state index in [0.29, 0.717) is 37.5 Å². The van der Waals surface area contributed by atoms with Crippen molar-refractivity contribution in [2.75, 3.05) is 31.1 Å². The second kappa shape index (κ2) is 8.31. The van der Waals surface area contributed by atoms with Gasteiger partial charge in [-0.2, -0.15) is 0 Å². The number of rotatable bonds is 5. The van der Waals surface area contributed by atoms with Crippen LogP contribution in [-0.2, 0) is 9.59 Å². The van der Waals surface area contributed by atoms with E-state index < -0.39 is 12.3 Å². The summed E-state index contributed by atoms with van der Waals surface area (Å²) in [5, 5.41) is 3.57. The number of hydrogen-bond acceptors (Lipinski definition) is 3. The number of likely N-dealkylation sites (tertiary alicyclic amines) is 1. The van der Waals surface area contributed by atoms with Gasteiger partial charge in [-0.05, 0) is 37.1 Å². The Morgan fingerprint density at radius 2 is 1.88 bits per heavy atom. The molecule has 1 atom stereocenters. The van der Waals surface area contributed by atoms with E-state index in [-0.39, 0.29) is 30.8 Å². The van der Waals surface area contributed by atoms with Gasteiger partial charge in [0.25, 0.3) is 6.43 Å². The molecule has 2 saturated heterocycles. The number of carbonyl (C=O) groups is 2. The molecular formula is C18H22ClF2N3O2. The fourth-order valence-corrected chi connectivity index (χ4v) is 3.65. The van der Waals surface area contributed by atoms with Crippen LogP contribution in [-0.4, -0.2) is 55.4 Å². The molecule has 1 aromatic rings. The molecule has 2 amide bonds. The van der Waals surface area contributed by atoms with Crippen LogP contribution in [0.1, 0.15) is 19.3 Å². The average Bonchev–Trinajstić information content (AvgIpc) is 2.99. The zero-order chi connectivity index (χ0) is 18.7. The highest BCUT2D eigenvalue weighted by Gasteiger charge is 2.36. The average molecular weight is 386 g/mol. The molecule has 2 fully saturated rings. The number of nitrogens with one attached hydrogen (secondary N) is 1. The summed E-state index contributed by atoms with van der Waals surface area (Å²) < 4.78 is 24.8. The molecule has 2 aliphatic heterocycles. The maximum absolute atomic E-state index is 12.5. The van der Waals surface area contributed by atoms with Gasteiger partial charge in [0.05, 0.1) is 12.5 Å². The lowest BCUT2D eigenvalue weighted by atomic mass is 10.0. The lowest BCUT2D eigenvalue weighted by Crippen LogP contribution is -2.47. The van der Waals surface area contributed by atoms with Gasteiger partial charge in [0.15, 0.2) is 0 Å². The maximum Gasteiger partial charge on any atom is 0.251 e. The van der Waals surface area contributed by atoms with Crippen molar-refractivity contribution >= 4 is 29.1 Å². The Morgan fingerprint density at radius 3 is 2.50 bits per heavy atom. The van der Waals surface area contributed by atoms with Crippen molar-refractivity contribution < 1.29 is 18.4 Å². The number of nitrogens with zero attached hydrogens (tertiary/aromatic N) is 2. The predicted octanol–water partition coefficient (Wildman–Crippen LogP) is 2.54. The third-order valence-electron chi connectivity index (χ3n) is 4.96. The third kappa shape index (κ3) is 4.71. The van der Waals surface area contributed by atoms with Gasteiger partial charge in [0, 0.05) is 42.8 Å². The Hall–Kier alpha value is -1.73. The Balaban J connectivity index is 1.50. The van der Waals surface area contributed by atoms with Gasteiger partial charge in [-0.15, -0.1) is 0 Å². The Morgan fingerprint density at radius 1 is 1.23 bits per heavy atom. The van der Waals surface area contributed by atoms with Gasteiger partial charge >= 0.3 is 0 Å². The number of anilines is 1. The standard InChI is InChI=1S/C18H22ClF2N3O2/c19-13-1-3-15(4-2-13)24-10-12(9-17(24)25)18(26)22-14-5-7-23(8-6-14)11-16(20)21/h1-4,12,14,16H,5-11H2,(H,22,26)/t12-/m1/s1. The van der Waals surface area contributed by atoms with Crippen molar-refractivity contribution in [2.24, 2.45) is 5.92 Å². The van der Waals surface area contributed by atoms with Gasteiger partial charge in [0.2, 0.25) is 11.8 Å². The summed E-state index contributed by atoms with van der Waals surface area (Å²) >= 11 is 5.87. The van der Waals surface area contributed by atoms with E-state index >= 15 is 0 Å². The smallest absolute Gasteiger partial charge is 0.251 e. The molecule has 142 valence electrons. The number of hydrogen-bond donors (Lipinski definition) is 1. The number of carbonyl (C=O) groups excluding carboxylic acids is 2. The highest BCUT2D eigenvalue weighted by atomic mass is 35.5. The second-order valence-corrected chi connectivity index (χ2v) is 7.29. The molecule has 1 N–H and O–H groups in total. The number of benzene rings is 1. The maximum atomic E-state index is 12.5. The molecule has 8 heteroatoms. The van der Waals surface area contributed by atoms with Crippen LogP contribution < -0.4 is 10.2 Å². The van der Waals surface area contributed by atoms with E-state index in [0.717, 1.165) is 5.69 Å². The number of halogens is 3. The molecule has 0 spiro atoms. The molecule has 1 aromatic carbocycles. The fraction of sp³-hybridized carbons (Fsp3) is 0.556. The first-order valence-corrected chi connectivity index (χ1v) is 9.17.